The molecule has 0 aromatic heterocycles. The molecule has 2 aromatic rings. The second-order valence-corrected chi connectivity index (χ2v) is 11.2. The number of phenols is 1. The van der Waals surface area contributed by atoms with Gasteiger partial charge in [-0.1, -0.05) is 69.3 Å². The van der Waals surface area contributed by atoms with Gasteiger partial charge < -0.3 is 10.4 Å². The van der Waals surface area contributed by atoms with Crippen molar-refractivity contribution in [3.63, 3.8) is 0 Å². The second kappa shape index (κ2) is 10.2. The smallest absolute Gasteiger partial charge is 0.127 e. The van der Waals surface area contributed by atoms with Gasteiger partial charge in [0.15, 0.2) is 0 Å². The van der Waals surface area contributed by atoms with E-state index in [9.17, 15) is 9.50 Å². The maximum atomic E-state index is 14.1. The lowest BCUT2D eigenvalue weighted by Gasteiger charge is -2.23. The van der Waals surface area contributed by atoms with Crippen LogP contribution in [0.15, 0.2) is 78.9 Å². The van der Waals surface area contributed by atoms with E-state index in [-0.39, 0.29) is 25.9 Å². The maximum absolute atomic E-state index is 14.1. The quantitative estimate of drug-likeness (QED) is 0.499. The van der Waals surface area contributed by atoms with Gasteiger partial charge in [0.2, 0.25) is 0 Å². The average molecular weight is 462 g/mol. The van der Waals surface area contributed by atoms with Crippen LogP contribution in [0.25, 0.3) is 0 Å². The number of halogens is 1. The first-order valence-electron chi connectivity index (χ1n) is 11.6. The van der Waals surface area contributed by atoms with Gasteiger partial charge >= 0.3 is 0 Å². The third-order valence-corrected chi connectivity index (χ3v) is 7.50. The molecule has 0 heterocycles. The largest absolute Gasteiger partial charge is 0.507 e. The van der Waals surface area contributed by atoms with Crippen LogP contribution in [-0.4, -0.2) is 10.6 Å². The van der Waals surface area contributed by atoms with E-state index in [0.717, 1.165) is 34.6 Å². The summed E-state index contributed by atoms with van der Waals surface area (Å²) in [5.74, 6) is 0.607. The van der Waals surface area contributed by atoms with E-state index < -0.39 is 0 Å². The fourth-order valence-corrected chi connectivity index (χ4v) is 5.53. The van der Waals surface area contributed by atoms with Crippen molar-refractivity contribution in [2.45, 2.75) is 57.5 Å². The predicted molar refractivity (Wildman–Crippen MR) is 140 cm³/mol. The van der Waals surface area contributed by atoms with Crippen molar-refractivity contribution in [1.29, 1.82) is 0 Å². The number of rotatable bonds is 6. The van der Waals surface area contributed by atoms with Crippen LogP contribution in [0, 0.1) is 5.82 Å². The standard InChI is InChI=1S/C29H33FNOP/c1-29(2,3)31-19-23-16-24(30)14-15-26(23)33-27-18-22(20-10-6-4-7-11-20)17-25(28(27)32)21-12-8-5-9-13-21/h4-10,12,14-18,20-21,31-33H,11,13,19H2,1-3H3. The molecule has 3 atom stereocenters. The Hall–Kier alpha value is -2.48. The number of nitrogens with one attached hydrogen (secondary N) is 1. The highest BCUT2D eigenvalue weighted by Crippen LogP contribution is 2.37. The Bertz CT molecular complexity index is 1120. The molecule has 2 aliphatic carbocycles. The summed E-state index contributed by atoms with van der Waals surface area (Å²) in [5, 5.41) is 16.8. The van der Waals surface area contributed by atoms with Crippen LogP contribution in [0.2, 0.25) is 0 Å². The SMILES string of the molecule is CC(C)(C)NCc1cc(F)ccc1Pc1cc(C2C=CC=CC2)cc(C2C=CC=CC2)c1O. The molecule has 0 amide bonds. The topological polar surface area (TPSA) is 32.3 Å². The zero-order valence-corrected chi connectivity index (χ0v) is 20.6. The summed E-state index contributed by atoms with van der Waals surface area (Å²) in [5.41, 5.74) is 3.08. The summed E-state index contributed by atoms with van der Waals surface area (Å²) in [7, 11) is 0.244. The first-order chi connectivity index (χ1) is 15.8. The molecule has 2 aliphatic rings. The van der Waals surface area contributed by atoms with Crippen molar-refractivity contribution in [2.24, 2.45) is 0 Å². The van der Waals surface area contributed by atoms with Crippen molar-refractivity contribution >= 4 is 19.2 Å². The fraction of sp³-hybridized carbons (Fsp3) is 0.310. The van der Waals surface area contributed by atoms with Crippen LogP contribution < -0.4 is 15.9 Å². The highest BCUT2D eigenvalue weighted by molar-refractivity contribution is 7.55. The molecule has 2 N–H and O–H groups in total. The Kier molecular flexibility index (Phi) is 7.32. The van der Waals surface area contributed by atoms with E-state index in [4.69, 9.17) is 0 Å². The van der Waals surface area contributed by atoms with Gasteiger partial charge in [-0.15, -0.1) is 0 Å². The van der Waals surface area contributed by atoms with Gasteiger partial charge in [-0.25, -0.2) is 4.39 Å². The summed E-state index contributed by atoms with van der Waals surface area (Å²) >= 11 is 0. The predicted octanol–water partition coefficient (Wildman–Crippen LogP) is 6.25. The van der Waals surface area contributed by atoms with Crippen molar-refractivity contribution in [3.05, 3.63) is 101 Å². The van der Waals surface area contributed by atoms with E-state index in [1.807, 2.05) is 6.07 Å². The molecule has 33 heavy (non-hydrogen) atoms. The molecule has 4 rings (SSSR count). The zero-order chi connectivity index (χ0) is 23.4. The van der Waals surface area contributed by atoms with Gasteiger partial charge in [-0.3, -0.25) is 0 Å². The molecule has 0 fully saturated rings. The van der Waals surface area contributed by atoms with Gasteiger partial charge in [0.1, 0.15) is 11.6 Å². The van der Waals surface area contributed by atoms with Gasteiger partial charge in [0.25, 0.3) is 0 Å². The molecule has 2 aromatic carbocycles. The number of benzene rings is 2. The monoisotopic (exact) mass is 461 g/mol. The average Bonchev–Trinajstić information content (AvgIpc) is 2.81. The molecular formula is C29H33FNOP. The van der Waals surface area contributed by atoms with Crippen molar-refractivity contribution < 1.29 is 9.50 Å². The van der Waals surface area contributed by atoms with Crippen molar-refractivity contribution in [1.82, 2.24) is 5.32 Å². The Balaban J connectivity index is 1.72. The Morgan fingerprint density at radius 2 is 1.64 bits per heavy atom. The number of aromatic hydroxyl groups is 1. The van der Waals surface area contributed by atoms with Gasteiger partial charge in [0, 0.05) is 34.8 Å². The third kappa shape index (κ3) is 6.10. The summed E-state index contributed by atoms with van der Waals surface area (Å²) < 4.78 is 14.1. The summed E-state index contributed by atoms with van der Waals surface area (Å²) in [6.07, 6.45) is 18.9. The van der Waals surface area contributed by atoms with Crippen molar-refractivity contribution in [2.75, 3.05) is 0 Å². The van der Waals surface area contributed by atoms with Crippen molar-refractivity contribution in [3.8, 4) is 5.75 Å². The molecule has 0 spiro atoms. The highest BCUT2D eigenvalue weighted by atomic mass is 31.1. The number of allylic oxidation sites excluding steroid dienone is 8. The number of phenolic OH excluding ortho intramolecular Hbond substituents is 1. The minimum Gasteiger partial charge on any atom is -0.507 e. The normalized spacial score (nSPS) is 20.2. The van der Waals surface area contributed by atoms with Crippen LogP contribution in [0.1, 0.15) is 62.1 Å². The molecule has 0 saturated carbocycles. The molecule has 3 unspecified atom stereocenters. The number of hydrogen-bond donors (Lipinski definition) is 2. The number of hydrogen-bond acceptors (Lipinski definition) is 2. The maximum Gasteiger partial charge on any atom is 0.127 e. The second-order valence-electron chi connectivity index (χ2n) is 9.85. The summed E-state index contributed by atoms with van der Waals surface area (Å²) in [6.45, 7) is 6.90. The highest BCUT2D eigenvalue weighted by Gasteiger charge is 2.21. The fourth-order valence-electron chi connectivity index (χ4n) is 4.25. The van der Waals surface area contributed by atoms with E-state index >= 15 is 0 Å². The molecule has 0 saturated heterocycles. The van der Waals surface area contributed by atoms with Crippen LogP contribution in [0.3, 0.4) is 0 Å². The van der Waals surface area contributed by atoms with E-state index in [2.05, 4.69) is 86.8 Å². The van der Waals surface area contributed by atoms with Gasteiger partial charge in [-0.2, -0.15) is 0 Å². The lowest BCUT2D eigenvalue weighted by Crippen LogP contribution is -2.36. The van der Waals surface area contributed by atoms with Gasteiger partial charge in [-0.05, 0) is 68.2 Å². The Morgan fingerprint density at radius 1 is 0.939 bits per heavy atom. The van der Waals surface area contributed by atoms with E-state index in [0.29, 0.717) is 18.2 Å². The third-order valence-electron chi connectivity index (χ3n) is 6.10. The molecule has 4 heteroatoms. The van der Waals surface area contributed by atoms with Crippen LogP contribution in [-0.2, 0) is 6.54 Å². The Labute approximate surface area is 198 Å². The molecule has 0 bridgehead atoms. The lowest BCUT2D eigenvalue weighted by molar-refractivity contribution is 0.424. The van der Waals surface area contributed by atoms with Gasteiger partial charge in [0.05, 0.1) is 0 Å². The molecule has 172 valence electrons. The van der Waals surface area contributed by atoms with Crippen LogP contribution in [0.4, 0.5) is 4.39 Å². The Morgan fingerprint density at radius 3 is 2.27 bits per heavy atom. The minimum absolute atomic E-state index is 0.0659. The first kappa shape index (κ1) is 23.7. The zero-order valence-electron chi connectivity index (χ0n) is 19.6. The molecule has 2 nitrogen and oxygen atoms in total. The van der Waals surface area contributed by atoms with E-state index in [1.165, 1.54) is 11.6 Å². The first-order valence-corrected chi connectivity index (χ1v) is 12.6. The minimum atomic E-state index is -0.230. The van der Waals surface area contributed by atoms with E-state index in [1.54, 1.807) is 6.07 Å². The summed E-state index contributed by atoms with van der Waals surface area (Å²) in [4.78, 5) is 0. The summed E-state index contributed by atoms with van der Waals surface area (Å²) in [6, 6.07) is 9.34. The van der Waals surface area contributed by atoms with Crippen LogP contribution in [0.5, 0.6) is 5.75 Å². The molecule has 0 aliphatic heterocycles. The molecule has 0 radical (unpaired) electrons. The molecular weight excluding hydrogens is 428 g/mol. The van der Waals surface area contributed by atoms with Crippen LogP contribution >= 0.6 is 8.58 Å². The lowest BCUT2D eigenvalue weighted by atomic mass is 9.86.